The number of thiazole rings is 1. The SMILES string of the molecule is COc1ccc([C@@H]2C3=C(N=c4s/c(=C\c5c(OCc6ccccc6)ccc6ccccc56)c(=O)n42)c2ccccc2CC3)cc1OC. The molecule has 0 amide bonds. The van der Waals surface area contributed by atoms with Crippen molar-refractivity contribution in [1.82, 2.24) is 4.57 Å². The highest BCUT2D eigenvalue weighted by Crippen LogP contribution is 2.43. The number of aryl methyl sites for hydroxylation is 1. The van der Waals surface area contributed by atoms with E-state index in [1.54, 1.807) is 14.2 Å². The fraction of sp³-hybridized carbons (Fsp3) is 0.150. The van der Waals surface area contributed by atoms with Gasteiger partial charge in [0.25, 0.3) is 5.56 Å². The molecule has 0 saturated heterocycles. The lowest BCUT2D eigenvalue weighted by Gasteiger charge is -2.31. The summed E-state index contributed by atoms with van der Waals surface area (Å²) in [6.45, 7) is 0.423. The van der Waals surface area contributed by atoms with Crippen molar-refractivity contribution in [3.8, 4) is 17.2 Å². The molecule has 8 rings (SSSR count). The number of ether oxygens (including phenoxy) is 3. The second-order valence-electron chi connectivity index (χ2n) is 11.7. The summed E-state index contributed by atoms with van der Waals surface area (Å²) >= 11 is 1.42. The van der Waals surface area contributed by atoms with Crippen molar-refractivity contribution in [2.24, 2.45) is 4.99 Å². The van der Waals surface area contributed by atoms with E-state index in [0.29, 0.717) is 27.4 Å². The summed E-state index contributed by atoms with van der Waals surface area (Å²) < 4.78 is 20.1. The van der Waals surface area contributed by atoms with Crippen molar-refractivity contribution in [2.45, 2.75) is 25.5 Å². The van der Waals surface area contributed by atoms with E-state index in [-0.39, 0.29) is 11.6 Å². The number of rotatable bonds is 7. The number of aromatic nitrogens is 1. The van der Waals surface area contributed by atoms with Crippen LogP contribution in [0.4, 0.5) is 0 Å². The van der Waals surface area contributed by atoms with Crippen LogP contribution in [0.25, 0.3) is 22.5 Å². The van der Waals surface area contributed by atoms with Gasteiger partial charge in [-0.25, -0.2) is 4.99 Å². The number of fused-ring (bicyclic) bond motifs is 4. The van der Waals surface area contributed by atoms with Gasteiger partial charge in [-0.15, -0.1) is 0 Å². The lowest BCUT2D eigenvalue weighted by atomic mass is 9.83. The van der Waals surface area contributed by atoms with Crippen LogP contribution in [0.1, 0.15) is 40.3 Å². The van der Waals surface area contributed by atoms with Crippen LogP contribution in [-0.4, -0.2) is 18.8 Å². The minimum Gasteiger partial charge on any atom is -0.493 e. The Balaban J connectivity index is 1.34. The molecule has 1 aliphatic heterocycles. The highest BCUT2D eigenvalue weighted by atomic mass is 32.1. The van der Waals surface area contributed by atoms with Gasteiger partial charge < -0.3 is 14.2 Å². The van der Waals surface area contributed by atoms with E-state index in [9.17, 15) is 4.79 Å². The van der Waals surface area contributed by atoms with E-state index in [0.717, 1.165) is 62.9 Å². The number of allylic oxidation sites excluding steroid dienone is 1. The van der Waals surface area contributed by atoms with Crippen molar-refractivity contribution in [1.29, 1.82) is 0 Å². The highest BCUT2D eigenvalue weighted by molar-refractivity contribution is 7.07. The molecule has 0 fully saturated rings. The third-order valence-electron chi connectivity index (χ3n) is 9.04. The maximum atomic E-state index is 14.6. The van der Waals surface area contributed by atoms with E-state index in [1.807, 2.05) is 77.4 Å². The predicted octanol–water partition coefficient (Wildman–Crippen LogP) is 7.07. The normalized spacial score (nSPS) is 15.4. The largest absolute Gasteiger partial charge is 0.493 e. The molecule has 0 spiro atoms. The number of benzene rings is 5. The highest BCUT2D eigenvalue weighted by Gasteiger charge is 2.33. The number of nitrogens with zero attached hydrogens (tertiary/aromatic N) is 2. The smallest absolute Gasteiger partial charge is 0.271 e. The molecule has 0 saturated carbocycles. The minimum absolute atomic E-state index is 0.0825. The zero-order valence-corrected chi connectivity index (χ0v) is 26.9. The van der Waals surface area contributed by atoms with Crippen LogP contribution in [0.3, 0.4) is 0 Å². The first-order chi connectivity index (χ1) is 23.1. The van der Waals surface area contributed by atoms with Crippen LogP contribution in [0.2, 0.25) is 0 Å². The fourth-order valence-electron chi connectivity index (χ4n) is 6.76. The molecule has 2 aliphatic rings. The molecule has 1 atom stereocenters. The van der Waals surface area contributed by atoms with Gasteiger partial charge in [0.2, 0.25) is 0 Å². The first-order valence-corrected chi connectivity index (χ1v) is 16.5. The molecular weight excluding hydrogens is 605 g/mol. The molecule has 0 bridgehead atoms. The van der Waals surface area contributed by atoms with Gasteiger partial charge in [-0.2, -0.15) is 0 Å². The Morgan fingerprint density at radius 2 is 1.60 bits per heavy atom. The van der Waals surface area contributed by atoms with Gasteiger partial charge in [0.15, 0.2) is 16.3 Å². The predicted molar refractivity (Wildman–Crippen MR) is 187 cm³/mol. The Bertz CT molecular complexity index is 2370. The lowest BCUT2D eigenvalue weighted by molar-refractivity contribution is 0.306. The molecule has 6 aromatic rings. The van der Waals surface area contributed by atoms with E-state index in [4.69, 9.17) is 19.2 Å². The van der Waals surface area contributed by atoms with Crippen molar-refractivity contribution in [2.75, 3.05) is 14.2 Å². The van der Waals surface area contributed by atoms with E-state index >= 15 is 0 Å². The van der Waals surface area contributed by atoms with Crippen LogP contribution >= 0.6 is 11.3 Å². The summed E-state index contributed by atoms with van der Waals surface area (Å²) in [6.07, 6.45) is 3.67. The molecule has 2 heterocycles. The average molecular weight is 637 g/mol. The zero-order chi connectivity index (χ0) is 31.9. The van der Waals surface area contributed by atoms with E-state index in [2.05, 4.69) is 42.5 Å². The molecule has 0 radical (unpaired) electrons. The van der Waals surface area contributed by atoms with Crippen LogP contribution in [0.5, 0.6) is 17.2 Å². The van der Waals surface area contributed by atoms with Crippen LogP contribution in [-0.2, 0) is 13.0 Å². The monoisotopic (exact) mass is 636 g/mol. The van der Waals surface area contributed by atoms with Gasteiger partial charge in [0.1, 0.15) is 12.4 Å². The maximum absolute atomic E-state index is 14.6. The Morgan fingerprint density at radius 1 is 0.830 bits per heavy atom. The Labute approximate surface area is 276 Å². The summed E-state index contributed by atoms with van der Waals surface area (Å²) in [7, 11) is 3.26. The van der Waals surface area contributed by atoms with E-state index < -0.39 is 0 Å². The number of hydrogen-bond acceptors (Lipinski definition) is 6. The van der Waals surface area contributed by atoms with Crippen LogP contribution < -0.4 is 29.1 Å². The van der Waals surface area contributed by atoms with Gasteiger partial charge in [-0.1, -0.05) is 102 Å². The molecule has 47 heavy (non-hydrogen) atoms. The second kappa shape index (κ2) is 12.1. The maximum Gasteiger partial charge on any atom is 0.271 e. The standard InChI is InChI=1S/C40H32N2O4S/c1-44-34-21-18-28(22-35(34)45-2)38-31-19-16-27-13-7-9-15-30(27)37(31)41-40-42(38)39(43)36(47-40)23-32-29-14-8-6-12-26(29)17-20-33(32)46-24-25-10-4-3-5-11-25/h3-15,17-18,20-23,38H,16,19,24H2,1-2H3/b36-23-/t38-/m1/s1. The lowest BCUT2D eigenvalue weighted by Crippen LogP contribution is -2.38. The molecule has 0 unspecified atom stereocenters. The summed E-state index contributed by atoms with van der Waals surface area (Å²) in [6, 6.07) is 36.4. The first kappa shape index (κ1) is 29.0. The van der Waals surface area contributed by atoms with Crippen molar-refractivity contribution in [3.05, 3.63) is 162 Å². The molecular formula is C40H32N2O4S. The zero-order valence-electron chi connectivity index (χ0n) is 26.1. The second-order valence-corrected chi connectivity index (χ2v) is 12.7. The van der Waals surface area contributed by atoms with Crippen LogP contribution in [0, 0.1) is 0 Å². The van der Waals surface area contributed by atoms with Crippen LogP contribution in [0.15, 0.2) is 125 Å². The third kappa shape index (κ3) is 5.13. The Kier molecular flexibility index (Phi) is 7.46. The first-order valence-electron chi connectivity index (χ1n) is 15.7. The topological polar surface area (TPSA) is 62.0 Å². The van der Waals surface area contributed by atoms with E-state index in [1.165, 1.54) is 16.9 Å². The molecule has 1 aliphatic carbocycles. The van der Waals surface area contributed by atoms with Crippen molar-refractivity contribution < 1.29 is 14.2 Å². The van der Waals surface area contributed by atoms with Gasteiger partial charge in [-0.3, -0.25) is 9.36 Å². The summed E-state index contributed by atoms with van der Waals surface area (Å²) in [5, 5.41) is 2.10. The third-order valence-corrected chi connectivity index (χ3v) is 10.0. The molecule has 6 nitrogen and oxygen atoms in total. The molecule has 5 aromatic carbocycles. The molecule has 1 aromatic heterocycles. The Morgan fingerprint density at radius 3 is 2.45 bits per heavy atom. The minimum atomic E-state index is -0.335. The molecule has 232 valence electrons. The quantitative estimate of drug-likeness (QED) is 0.188. The van der Waals surface area contributed by atoms with Gasteiger partial charge >= 0.3 is 0 Å². The van der Waals surface area contributed by atoms with Crippen molar-refractivity contribution >= 4 is 33.9 Å². The molecule has 7 heteroatoms. The average Bonchev–Trinajstić information content (AvgIpc) is 3.44. The Hall–Kier alpha value is -5.40. The summed E-state index contributed by atoms with van der Waals surface area (Å²) in [5.41, 5.74) is 7.31. The summed E-state index contributed by atoms with van der Waals surface area (Å²) in [5.74, 6) is 1.99. The molecule has 0 N–H and O–H groups in total. The van der Waals surface area contributed by atoms with Crippen molar-refractivity contribution in [3.63, 3.8) is 0 Å². The summed E-state index contributed by atoms with van der Waals surface area (Å²) in [4.78, 5) is 20.5. The van der Waals surface area contributed by atoms with Gasteiger partial charge in [-0.05, 0) is 70.2 Å². The number of methoxy groups -OCH3 is 2. The number of hydrogen-bond donors (Lipinski definition) is 0. The van der Waals surface area contributed by atoms with Gasteiger partial charge in [0.05, 0.1) is 30.5 Å². The fourth-order valence-corrected chi connectivity index (χ4v) is 7.74. The van der Waals surface area contributed by atoms with Gasteiger partial charge in [0, 0.05) is 11.1 Å².